The summed E-state index contributed by atoms with van der Waals surface area (Å²) in [5.74, 6) is -0.898. The minimum atomic E-state index is -0.773. The average molecular weight is 421 g/mol. The average Bonchev–Trinajstić information content (AvgIpc) is 2.78. The van der Waals surface area contributed by atoms with Crippen LogP contribution in [0, 0.1) is 6.92 Å². The molecule has 2 saturated heterocycles. The Hall–Kier alpha value is -3.65. The van der Waals surface area contributed by atoms with Crippen molar-refractivity contribution in [1.82, 2.24) is 5.32 Å². The molecule has 8 nitrogen and oxygen atoms in total. The monoisotopic (exact) mass is 421 g/mol. The first kappa shape index (κ1) is 20.6. The van der Waals surface area contributed by atoms with E-state index in [1.807, 2.05) is 19.1 Å². The molecule has 2 aliphatic heterocycles. The molecule has 0 bridgehead atoms. The second-order valence-corrected chi connectivity index (χ2v) is 7.32. The molecule has 0 saturated carbocycles. The summed E-state index contributed by atoms with van der Waals surface area (Å²) in [6.45, 7) is 4.77. The molecular weight excluding hydrogens is 398 g/mol. The fourth-order valence-electron chi connectivity index (χ4n) is 3.58. The van der Waals surface area contributed by atoms with Crippen molar-refractivity contribution in [3.8, 4) is 5.75 Å². The van der Waals surface area contributed by atoms with E-state index in [0.717, 1.165) is 29.2 Å². The van der Waals surface area contributed by atoms with Crippen molar-refractivity contribution in [3.05, 3.63) is 59.2 Å². The lowest BCUT2D eigenvalue weighted by Gasteiger charge is -2.29. The summed E-state index contributed by atoms with van der Waals surface area (Å²) < 4.78 is 10.9. The van der Waals surface area contributed by atoms with Gasteiger partial charge in [-0.3, -0.25) is 14.9 Å². The molecule has 31 heavy (non-hydrogen) atoms. The van der Waals surface area contributed by atoms with Gasteiger partial charge in [-0.25, -0.2) is 9.69 Å². The Morgan fingerprint density at radius 3 is 2.35 bits per heavy atom. The standard InChI is InChI=1S/C23H23N3O5/c1-15-3-6-17(7-4-15)26-22(28)19(21(27)24-23(26)29)13-16-5-8-18(14-20(16)30-2)25-9-11-31-12-10-25/h3-8,13-14H,9-12H2,1-2H3,(H,24,27,29)/b19-13-. The second kappa shape index (κ2) is 8.61. The molecule has 4 rings (SSSR count). The number of rotatable bonds is 4. The molecule has 2 aliphatic rings. The van der Waals surface area contributed by atoms with E-state index in [9.17, 15) is 14.4 Å². The van der Waals surface area contributed by atoms with Gasteiger partial charge >= 0.3 is 6.03 Å². The molecule has 0 aromatic heterocycles. The molecule has 8 heteroatoms. The molecule has 2 heterocycles. The number of hydrogen-bond donors (Lipinski definition) is 1. The second-order valence-electron chi connectivity index (χ2n) is 7.32. The van der Waals surface area contributed by atoms with Crippen LogP contribution in [0.2, 0.25) is 0 Å². The van der Waals surface area contributed by atoms with Crippen molar-refractivity contribution in [3.63, 3.8) is 0 Å². The third-order valence-corrected chi connectivity index (χ3v) is 5.29. The fraction of sp³-hybridized carbons (Fsp3) is 0.261. The first-order valence-corrected chi connectivity index (χ1v) is 9.97. The maximum absolute atomic E-state index is 13.1. The highest BCUT2D eigenvalue weighted by Crippen LogP contribution is 2.29. The van der Waals surface area contributed by atoms with Gasteiger partial charge in [-0.2, -0.15) is 0 Å². The van der Waals surface area contributed by atoms with Crippen molar-refractivity contribution in [2.24, 2.45) is 0 Å². The molecule has 0 atom stereocenters. The van der Waals surface area contributed by atoms with Crippen LogP contribution in [0.25, 0.3) is 6.08 Å². The summed E-state index contributed by atoms with van der Waals surface area (Å²) >= 11 is 0. The van der Waals surface area contributed by atoms with E-state index >= 15 is 0 Å². The lowest BCUT2D eigenvalue weighted by molar-refractivity contribution is -0.122. The molecule has 2 aromatic rings. The molecule has 2 fully saturated rings. The van der Waals surface area contributed by atoms with Gasteiger partial charge in [0.1, 0.15) is 11.3 Å². The van der Waals surface area contributed by atoms with E-state index in [1.165, 1.54) is 13.2 Å². The third-order valence-electron chi connectivity index (χ3n) is 5.29. The number of aryl methyl sites for hydroxylation is 1. The van der Waals surface area contributed by atoms with Gasteiger partial charge < -0.3 is 14.4 Å². The summed E-state index contributed by atoms with van der Waals surface area (Å²) in [5.41, 5.74) is 2.78. The van der Waals surface area contributed by atoms with E-state index in [2.05, 4.69) is 10.2 Å². The summed E-state index contributed by atoms with van der Waals surface area (Å²) in [7, 11) is 1.53. The maximum Gasteiger partial charge on any atom is 0.335 e. The number of imide groups is 2. The number of nitrogens with one attached hydrogen (secondary N) is 1. The number of hydrogen-bond acceptors (Lipinski definition) is 6. The topological polar surface area (TPSA) is 88.2 Å². The van der Waals surface area contributed by atoms with E-state index in [0.29, 0.717) is 30.2 Å². The number of morpholine rings is 1. The number of carbonyl (C=O) groups excluding carboxylic acids is 3. The van der Waals surface area contributed by atoms with Gasteiger partial charge in [0, 0.05) is 30.4 Å². The van der Waals surface area contributed by atoms with Crippen LogP contribution in [0.15, 0.2) is 48.0 Å². The van der Waals surface area contributed by atoms with Crippen molar-refractivity contribution < 1.29 is 23.9 Å². The highest BCUT2D eigenvalue weighted by atomic mass is 16.5. The zero-order valence-electron chi connectivity index (χ0n) is 17.4. The van der Waals surface area contributed by atoms with Crippen LogP contribution < -0.4 is 19.9 Å². The first-order valence-electron chi connectivity index (χ1n) is 9.97. The van der Waals surface area contributed by atoms with E-state index in [-0.39, 0.29) is 5.57 Å². The third kappa shape index (κ3) is 4.15. The largest absolute Gasteiger partial charge is 0.496 e. The molecule has 0 spiro atoms. The molecule has 0 unspecified atom stereocenters. The zero-order valence-corrected chi connectivity index (χ0v) is 17.4. The van der Waals surface area contributed by atoms with Crippen molar-refractivity contribution in [2.75, 3.05) is 43.2 Å². The van der Waals surface area contributed by atoms with Gasteiger partial charge in [0.15, 0.2) is 0 Å². The van der Waals surface area contributed by atoms with Gasteiger partial charge in [-0.05, 0) is 37.3 Å². The Bertz CT molecular complexity index is 1060. The van der Waals surface area contributed by atoms with Crippen LogP contribution in [-0.4, -0.2) is 51.3 Å². The Morgan fingerprint density at radius 2 is 1.68 bits per heavy atom. The minimum Gasteiger partial charge on any atom is -0.496 e. The number of barbiturate groups is 1. The molecule has 2 aromatic carbocycles. The number of carbonyl (C=O) groups is 3. The lowest BCUT2D eigenvalue weighted by atomic mass is 10.0. The van der Waals surface area contributed by atoms with Gasteiger partial charge in [0.25, 0.3) is 11.8 Å². The maximum atomic E-state index is 13.1. The van der Waals surface area contributed by atoms with Gasteiger partial charge in [-0.1, -0.05) is 17.7 Å². The molecule has 0 radical (unpaired) electrons. The van der Waals surface area contributed by atoms with Gasteiger partial charge in [0.2, 0.25) is 0 Å². The molecular formula is C23H23N3O5. The number of amides is 4. The quantitative estimate of drug-likeness (QED) is 0.603. The Morgan fingerprint density at radius 1 is 1.00 bits per heavy atom. The van der Waals surface area contributed by atoms with Crippen LogP contribution in [0.1, 0.15) is 11.1 Å². The summed E-state index contributed by atoms with van der Waals surface area (Å²) in [5, 5.41) is 2.24. The van der Waals surface area contributed by atoms with Crippen LogP contribution >= 0.6 is 0 Å². The minimum absolute atomic E-state index is 0.141. The van der Waals surface area contributed by atoms with Gasteiger partial charge in [0.05, 0.1) is 26.0 Å². The highest BCUT2D eigenvalue weighted by molar-refractivity contribution is 6.39. The van der Waals surface area contributed by atoms with Crippen molar-refractivity contribution in [2.45, 2.75) is 6.92 Å². The number of anilines is 2. The Labute approximate surface area is 180 Å². The Balaban J connectivity index is 1.67. The molecule has 160 valence electrons. The fourth-order valence-corrected chi connectivity index (χ4v) is 3.58. The van der Waals surface area contributed by atoms with Crippen LogP contribution in [0.4, 0.5) is 16.2 Å². The van der Waals surface area contributed by atoms with E-state index in [1.54, 1.807) is 30.3 Å². The normalized spacial score (nSPS) is 18.4. The number of urea groups is 1. The number of ether oxygens (including phenoxy) is 2. The predicted molar refractivity (Wildman–Crippen MR) is 116 cm³/mol. The molecule has 4 amide bonds. The highest BCUT2D eigenvalue weighted by Gasteiger charge is 2.37. The summed E-state index contributed by atoms with van der Waals surface area (Å²) in [6, 6.07) is 11.7. The number of benzene rings is 2. The number of nitrogens with zero attached hydrogens (tertiary/aromatic N) is 2. The van der Waals surface area contributed by atoms with Crippen LogP contribution in [0.3, 0.4) is 0 Å². The summed E-state index contributed by atoms with van der Waals surface area (Å²) in [6.07, 6.45) is 1.45. The SMILES string of the molecule is COc1cc(N2CCOCC2)ccc1/C=C1/C(=O)NC(=O)N(c2ccc(C)cc2)C1=O. The smallest absolute Gasteiger partial charge is 0.335 e. The van der Waals surface area contributed by atoms with E-state index in [4.69, 9.17) is 9.47 Å². The lowest BCUT2D eigenvalue weighted by Crippen LogP contribution is -2.54. The zero-order chi connectivity index (χ0) is 22.0. The van der Waals surface area contributed by atoms with Crippen molar-refractivity contribution in [1.29, 1.82) is 0 Å². The van der Waals surface area contributed by atoms with E-state index < -0.39 is 17.8 Å². The molecule has 1 N–H and O–H groups in total. The van der Waals surface area contributed by atoms with Crippen molar-refractivity contribution >= 4 is 35.3 Å². The number of methoxy groups -OCH3 is 1. The molecule has 0 aliphatic carbocycles. The predicted octanol–water partition coefficient (Wildman–Crippen LogP) is 2.51. The summed E-state index contributed by atoms with van der Waals surface area (Å²) in [4.78, 5) is 41.0. The van der Waals surface area contributed by atoms with Crippen LogP contribution in [-0.2, 0) is 14.3 Å². The first-order chi connectivity index (χ1) is 15.0. The van der Waals surface area contributed by atoms with Gasteiger partial charge in [-0.15, -0.1) is 0 Å². The van der Waals surface area contributed by atoms with Crippen LogP contribution in [0.5, 0.6) is 5.75 Å². The Kier molecular flexibility index (Phi) is 5.73.